The molecule has 0 bridgehead atoms. The van der Waals surface area contributed by atoms with Crippen molar-refractivity contribution in [1.29, 1.82) is 0 Å². The van der Waals surface area contributed by atoms with Crippen LogP contribution < -0.4 is 5.32 Å². The first-order chi connectivity index (χ1) is 8.58. The van der Waals surface area contributed by atoms with Gasteiger partial charge in [0.2, 0.25) is 0 Å². The van der Waals surface area contributed by atoms with Crippen LogP contribution in [0.4, 0.5) is 0 Å². The molecule has 2 aromatic rings. The third-order valence-corrected chi connectivity index (χ3v) is 3.03. The van der Waals surface area contributed by atoms with Crippen molar-refractivity contribution in [3.63, 3.8) is 0 Å². The van der Waals surface area contributed by atoms with Crippen LogP contribution in [0.1, 0.15) is 41.9 Å². The summed E-state index contributed by atoms with van der Waals surface area (Å²) in [5, 5.41) is 13.2. The van der Waals surface area contributed by atoms with E-state index in [1.54, 1.807) is 18.4 Å². The van der Waals surface area contributed by atoms with Crippen LogP contribution in [0.15, 0.2) is 33.3 Å². The molecule has 2 unspecified atom stereocenters. The van der Waals surface area contributed by atoms with Crippen molar-refractivity contribution in [3.8, 4) is 0 Å². The topological polar surface area (TPSA) is 58.5 Å². The van der Waals surface area contributed by atoms with Gasteiger partial charge in [0, 0.05) is 18.2 Å². The lowest BCUT2D eigenvalue weighted by molar-refractivity contribution is 0.144. The van der Waals surface area contributed by atoms with Gasteiger partial charge < -0.3 is 19.3 Å². The second-order valence-corrected chi connectivity index (χ2v) is 4.53. The first-order valence-electron chi connectivity index (χ1n) is 6.09. The van der Waals surface area contributed by atoms with E-state index < -0.39 is 6.10 Å². The predicted octanol–water partition coefficient (Wildman–Crippen LogP) is 2.87. The molecular weight excluding hydrogens is 230 g/mol. The van der Waals surface area contributed by atoms with Crippen molar-refractivity contribution in [3.05, 3.63) is 47.3 Å². The lowest BCUT2D eigenvalue weighted by Gasteiger charge is -2.15. The molecule has 2 N–H and O–H groups in total. The molecule has 2 atom stereocenters. The van der Waals surface area contributed by atoms with Crippen LogP contribution in [0, 0.1) is 13.8 Å². The van der Waals surface area contributed by atoms with E-state index in [1.165, 1.54) is 0 Å². The van der Waals surface area contributed by atoms with Gasteiger partial charge in [0.15, 0.2) is 0 Å². The maximum Gasteiger partial charge on any atom is 0.133 e. The van der Waals surface area contributed by atoms with Crippen molar-refractivity contribution < 1.29 is 13.9 Å². The van der Waals surface area contributed by atoms with Crippen LogP contribution in [-0.2, 0) is 0 Å². The summed E-state index contributed by atoms with van der Waals surface area (Å²) in [5.41, 5.74) is 1.12. The zero-order chi connectivity index (χ0) is 13.1. The van der Waals surface area contributed by atoms with Crippen molar-refractivity contribution in [1.82, 2.24) is 5.32 Å². The molecule has 0 saturated carbocycles. The molecule has 4 heteroatoms. The van der Waals surface area contributed by atoms with Gasteiger partial charge >= 0.3 is 0 Å². The van der Waals surface area contributed by atoms with Crippen LogP contribution in [-0.4, -0.2) is 11.7 Å². The van der Waals surface area contributed by atoms with Gasteiger partial charge in [0.1, 0.15) is 23.4 Å². The normalized spacial score (nSPS) is 14.7. The average molecular weight is 249 g/mol. The molecule has 0 aliphatic carbocycles. The minimum Gasteiger partial charge on any atom is -0.467 e. The highest BCUT2D eigenvalue weighted by Gasteiger charge is 2.15. The summed E-state index contributed by atoms with van der Waals surface area (Å²) in [6.07, 6.45) is 0.932. The number of rotatable bonds is 5. The minimum atomic E-state index is -0.629. The summed E-state index contributed by atoms with van der Waals surface area (Å²) in [7, 11) is 0. The Balaban J connectivity index is 1.92. The van der Waals surface area contributed by atoms with E-state index in [-0.39, 0.29) is 6.04 Å². The second-order valence-electron chi connectivity index (χ2n) is 4.53. The minimum absolute atomic E-state index is 0.132. The average Bonchev–Trinajstić information content (AvgIpc) is 2.95. The molecule has 0 spiro atoms. The fourth-order valence-corrected chi connectivity index (χ4v) is 2.06. The van der Waals surface area contributed by atoms with Crippen molar-refractivity contribution in [2.24, 2.45) is 0 Å². The number of hydrogen-bond acceptors (Lipinski definition) is 4. The van der Waals surface area contributed by atoms with E-state index in [9.17, 15) is 5.11 Å². The zero-order valence-corrected chi connectivity index (χ0v) is 10.9. The van der Waals surface area contributed by atoms with Gasteiger partial charge in [-0.3, -0.25) is 0 Å². The van der Waals surface area contributed by atoms with Gasteiger partial charge in [-0.1, -0.05) is 0 Å². The Hall–Kier alpha value is -1.52. The highest BCUT2D eigenvalue weighted by Crippen LogP contribution is 2.22. The van der Waals surface area contributed by atoms with Gasteiger partial charge in [0.25, 0.3) is 0 Å². The zero-order valence-electron chi connectivity index (χ0n) is 10.9. The van der Waals surface area contributed by atoms with Gasteiger partial charge in [-0.2, -0.15) is 0 Å². The maximum absolute atomic E-state index is 9.90. The summed E-state index contributed by atoms with van der Waals surface area (Å²) in [4.78, 5) is 0. The summed E-state index contributed by atoms with van der Waals surface area (Å²) in [6.45, 7) is 6.37. The van der Waals surface area contributed by atoms with Gasteiger partial charge in [-0.05, 0) is 39.0 Å². The van der Waals surface area contributed by atoms with E-state index in [0.29, 0.717) is 12.3 Å². The Kier molecular flexibility index (Phi) is 3.89. The summed E-state index contributed by atoms with van der Waals surface area (Å²) >= 11 is 0. The lowest BCUT2D eigenvalue weighted by Crippen LogP contribution is -2.24. The van der Waals surface area contributed by atoms with Gasteiger partial charge in [0.05, 0.1) is 6.26 Å². The molecule has 0 fully saturated rings. The van der Waals surface area contributed by atoms with Crippen LogP contribution in [0.5, 0.6) is 0 Å². The third-order valence-electron chi connectivity index (χ3n) is 3.03. The molecule has 18 heavy (non-hydrogen) atoms. The fourth-order valence-electron chi connectivity index (χ4n) is 2.06. The van der Waals surface area contributed by atoms with Gasteiger partial charge in [-0.25, -0.2) is 0 Å². The number of nitrogens with one attached hydrogen (secondary N) is 1. The van der Waals surface area contributed by atoms with Crippen LogP contribution in [0.3, 0.4) is 0 Å². The molecule has 0 aliphatic heterocycles. The number of aryl methyl sites for hydroxylation is 2. The van der Waals surface area contributed by atoms with Crippen LogP contribution >= 0.6 is 0 Å². The standard InChI is InChI=1S/C14H19NO3/c1-9-7-12(11(3)18-9)10(2)15-8-13(16)14-5-4-6-17-14/h4-7,10,13,15-16H,8H2,1-3H3. The molecule has 0 aromatic carbocycles. The van der Waals surface area contributed by atoms with Gasteiger partial charge in [-0.15, -0.1) is 0 Å². The predicted molar refractivity (Wildman–Crippen MR) is 68.3 cm³/mol. The highest BCUT2D eigenvalue weighted by molar-refractivity contribution is 5.23. The monoisotopic (exact) mass is 249 g/mol. The Morgan fingerprint density at radius 3 is 2.72 bits per heavy atom. The molecule has 98 valence electrons. The quantitative estimate of drug-likeness (QED) is 0.855. The molecule has 2 aromatic heterocycles. The van der Waals surface area contributed by atoms with Crippen molar-refractivity contribution >= 4 is 0 Å². The summed E-state index contributed by atoms with van der Waals surface area (Å²) < 4.78 is 10.6. The lowest BCUT2D eigenvalue weighted by atomic mass is 10.1. The largest absolute Gasteiger partial charge is 0.467 e. The number of aliphatic hydroxyl groups is 1. The summed E-state index contributed by atoms with van der Waals surface area (Å²) in [5.74, 6) is 2.40. The maximum atomic E-state index is 9.90. The van der Waals surface area contributed by atoms with E-state index in [2.05, 4.69) is 5.32 Å². The smallest absolute Gasteiger partial charge is 0.133 e. The fraction of sp³-hybridized carbons (Fsp3) is 0.429. The number of hydrogen-bond donors (Lipinski definition) is 2. The number of furan rings is 2. The Labute approximate surface area is 107 Å². The van der Waals surface area contributed by atoms with E-state index >= 15 is 0 Å². The molecule has 0 saturated heterocycles. The Bertz CT molecular complexity index is 487. The molecular formula is C14H19NO3. The number of aliphatic hydroxyl groups excluding tert-OH is 1. The highest BCUT2D eigenvalue weighted by atomic mass is 16.4. The Morgan fingerprint density at radius 1 is 1.39 bits per heavy atom. The molecule has 4 nitrogen and oxygen atoms in total. The van der Waals surface area contributed by atoms with Crippen molar-refractivity contribution in [2.75, 3.05) is 6.54 Å². The van der Waals surface area contributed by atoms with Crippen molar-refractivity contribution in [2.45, 2.75) is 32.9 Å². The Morgan fingerprint density at radius 2 is 2.17 bits per heavy atom. The van der Waals surface area contributed by atoms with E-state index in [4.69, 9.17) is 8.83 Å². The molecule has 0 amide bonds. The molecule has 0 aliphatic rings. The first-order valence-corrected chi connectivity index (χ1v) is 6.09. The van der Waals surface area contributed by atoms with E-state index in [0.717, 1.165) is 17.1 Å². The molecule has 2 heterocycles. The first kappa shape index (κ1) is 12.9. The second kappa shape index (κ2) is 5.42. The molecule has 0 radical (unpaired) electrons. The van der Waals surface area contributed by atoms with Crippen LogP contribution in [0.2, 0.25) is 0 Å². The third kappa shape index (κ3) is 2.83. The SMILES string of the molecule is Cc1cc(C(C)NCC(O)c2ccco2)c(C)o1. The summed E-state index contributed by atoms with van der Waals surface area (Å²) in [6, 6.07) is 5.69. The van der Waals surface area contributed by atoms with E-state index in [1.807, 2.05) is 26.8 Å². The molecule has 2 rings (SSSR count). The van der Waals surface area contributed by atoms with Crippen LogP contribution in [0.25, 0.3) is 0 Å².